The summed E-state index contributed by atoms with van der Waals surface area (Å²) in [5, 5.41) is 11.4. The van der Waals surface area contributed by atoms with Crippen molar-refractivity contribution in [1.29, 1.82) is 0 Å². The molecule has 2 N–H and O–H groups in total. The average Bonchev–Trinajstić information content (AvgIpc) is 2.36. The van der Waals surface area contributed by atoms with E-state index in [0.29, 0.717) is 0 Å². The molecule has 0 aromatic heterocycles. The highest BCUT2D eigenvalue weighted by Crippen LogP contribution is 2.22. The summed E-state index contributed by atoms with van der Waals surface area (Å²) < 4.78 is 0.927. The van der Waals surface area contributed by atoms with Crippen LogP contribution in [0.5, 0.6) is 0 Å². The number of rotatable bonds is 5. The van der Waals surface area contributed by atoms with Crippen LogP contribution in [0.15, 0.2) is 28.7 Å². The maximum atomic E-state index is 11.9. The van der Waals surface area contributed by atoms with Crippen molar-refractivity contribution in [1.82, 2.24) is 10.2 Å². The number of nitrogens with zero attached hydrogens (tertiary/aromatic N) is 1. The Morgan fingerprint density at radius 1 is 1.42 bits per heavy atom. The molecule has 104 valence electrons. The van der Waals surface area contributed by atoms with Crippen LogP contribution in [0.25, 0.3) is 0 Å². The molecule has 1 aromatic carbocycles. The Morgan fingerprint density at radius 2 is 2.05 bits per heavy atom. The molecule has 0 saturated heterocycles. The third-order valence-corrected chi connectivity index (χ3v) is 3.44. The smallest absolute Gasteiger partial charge is 0.317 e. The van der Waals surface area contributed by atoms with Crippen molar-refractivity contribution in [3.63, 3.8) is 0 Å². The number of amides is 2. The first-order valence-corrected chi connectivity index (χ1v) is 6.69. The molecule has 6 heteroatoms. The van der Waals surface area contributed by atoms with Crippen molar-refractivity contribution in [3.8, 4) is 0 Å². The number of carboxylic acid groups (broad SMARTS) is 1. The lowest BCUT2D eigenvalue weighted by Crippen LogP contribution is -2.39. The Morgan fingerprint density at radius 3 is 2.63 bits per heavy atom. The summed E-state index contributed by atoms with van der Waals surface area (Å²) in [4.78, 5) is 23.7. The minimum atomic E-state index is -0.918. The van der Waals surface area contributed by atoms with Gasteiger partial charge in [0.15, 0.2) is 0 Å². The van der Waals surface area contributed by atoms with E-state index in [1.807, 2.05) is 31.2 Å². The van der Waals surface area contributed by atoms with Gasteiger partial charge in [-0.25, -0.2) is 4.79 Å². The van der Waals surface area contributed by atoms with Crippen molar-refractivity contribution in [2.24, 2.45) is 0 Å². The number of carbonyl (C=O) groups is 2. The fraction of sp³-hybridized carbons (Fsp3) is 0.385. The van der Waals surface area contributed by atoms with E-state index in [0.717, 1.165) is 10.0 Å². The van der Waals surface area contributed by atoms with Crippen LogP contribution in [-0.4, -0.2) is 35.6 Å². The van der Waals surface area contributed by atoms with Crippen LogP contribution in [0.1, 0.15) is 24.9 Å². The molecule has 0 heterocycles. The van der Waals surface area contributed by atoms with Crippen LogP contribution in [-0.2, 0) is 4.79 Å². The molecule has 5 nitrogen and oxygen atoms in total. The summed E-state index contributed by atoms with van der Waals surface area (Å²) in [6.45, 7) is 2.06. The summed E-state index contributed by atoms with van der Waals surface area (Å²) in [6.07, 6.45) is -0.0622. The standard InChI is InChI=1S/C13H17BrN2O3/c1-9(10-5-3-4-6-11(10)14)15-13(19)16(2)8-7-12(17)18/h3-6,9H,7-8H2,1-2H3,(H,15,19)(H,17,18). The summed E-state index contributed by atoms with van der Waals surface area (Å²) in [7, 11) is 1.57. The van der Waals surface area contributed by atoms with Gasteiger partial charge in [0, 0.05) is 18.1 Å². The van der Waals surface area contributed by atoms with Crippen LogP contribution in [0, 0.1) is 0 Å². The molecule has 0 aliphatic heterocycles. The molecule has 0 spiro atoms. The number of carboxylic acids is 1. The van der Waals surface area contributed by atoms with Gasteiger partial charge in [-0.15, -0.1) is 0 Å². The zero-order chi connectivity index (χ0) is 14.4. The second-order valence-electron chi connectivity index (χ2n) is 4.26. The van der Waals surface area contributed by atoms with E-state index < -0.39 is 5.97 Å². The van der Waals surface area contributed by atoms with Crippen molar-refractivity contribution in [2.45, 2.75) is 19.4 Å². The van der Waals surface area contributed by atoms with E-state index in [9.17, 15) is 9.59 Å². The normalized spacial score (nSPS) is 11.7. The van der Waals surface area contributed by atoms with Crippen LogP contribution in [0.3, 0.4) is 0 Å². The van der Waals surface area contributed by atoms with Gasteiger partial charge >= 0.3 is 12.0 Å². The number of aliphatic carboxylic acids is 1. The summed E-state index contributed by atoms with van der Waals surface area (Å²) in [6, 6.07) is 7.19. The Bertz CT molecular complexity index is 465. The number of hydrogen-bond donors (Lipinski definition) is 2. The molecule has 19 heavy (non-hydrogen) atoms. The van der Waals surface area contributed by atoms with Gasteiger partial charge in [0.2, 0.25) is 0 Å². The predicted octanol–water partition coefficient (Wildman–Crippen LogP) is 2.63. The minimum Gasteiger partial charge on any atom is -0.481 e. The van der Waals surface area contributed by atoms with Crippen molar-refractivity contribution >= 4 is 27.9 Å². The number of halogens is 1. The fourth-order valence-electron chi connectivity index (χ4n) is 1.56. The summed E-state index contributed by atoms with van der Waals surface area (Å²) in [5.41, 5.74) is 0.975. The van der Waals surface area contributed by atoms with E-state index in [-0.39, 0.29) is 25.0 Å². The van der Waals surface area contributed by atoms with Crippen molar-refractivity contribution < 1.29 is 14.7 Å². The molecule has 1 unspecified atom stereocenters. The van der Waals surface area contributed by atoms with E-state index in [4.69, 9.17) is 5.11 Å². The highest BCUT2D eigenvalue weighted by atomic mass is 79.9. The van der Waals surface area contributed by atoms with E-state index in [1.54, 1.807) is 7.05 Å². The van der Waals surface area contributed by atoms with Gasteiger partial charge in [-0.05, 0) is 18.6 Å². The molecule has 0 bridgehead atoms. The summed E-state index contributed by atoms with van der Waals surface area (Å²) in [5.74, 6) is -0.918. The zero-order valence-electron chi connectivity index (χ0n) is 10.9. The van der Waals surface area contributed by atoms with Crippen molar-refractivity contribution in [3.05, 3.63) is 34.3 Å². The maximum Gasteiger partial charge on any atom is 0.317 e. The Balaban J connectivity index is 2.57. The second kappa shape index (κ2) is 7.13. The molecule has 1 atom stereocenters. The highest BCUT2D eigenvalue weighted by molar-refractivity contribution is 9.10. The number of urea groups is 1. The Labute approximate surface area is 120 Å². The second-order valence-corrected chi connectivity index (χ2v) is 5.11. The SMILES string of the molecule is CC(NC(=O)N(C)CCC(=O)O)c1ccccc1Br. The lowest BCUT2D eigenvalue weighted by molar-refractivity contribution is -0.137. The van der Waals surface area contributed by atoms with Crippen LogP contribution >= 0.6 is 15.9 Å². The van der Waals surface area contributed by atoms with Crippen LogP contribution in [0.2, 0.25) is 0 Å². The fourth-order valence-corrected chi connectivity index (χ4v) is 2.19. The molecule has 0 radical (unpaired) electrons. The molecule has 2 amide bonds. The van der Waals surface area contributed by atoms with Gasteiger partial charge in [0.1, 0.15) is 0 Å². The largest absolute Gasteiger partial charge is 0.481 e. The van der Waals surface area contributed by atoms with Gasteiger partial charge < -0.3 is 15.3 Å². The van der Waals surface area contributed by atoms with E-state index in [1.165, 1.54) is 4.90 Å². The molecule has 0 fully saturated rings. The number of hydrogen-bond acceptors (Lipinski definition) is 2. The third-order valence-electron chi connectivity index (χ3n) is 2.72. The van der Waals surface area contributed by atoms with Gasteiger partial charge in [0.25, 0.3) is 0 Å². The molecule has 0 aliphatic carbocycles. The van der Waals surface area contributed by atoms with E-state index in [2.05, 4.69) is 21.2 Å². The monoisotopic (exact) mass is 328 g/mol. The highest BCUT2D eigenvalue weighted by Gasteiger charge is 2.15. The van der Waals surface area contributed by atoms with Crippen LogP contribution < -0.4 is 5.32 Å². The van der Waals surface area contributed by atoms with Gasteiger partial charge in [-0.1, -0.05) is 34.1 Å². The molecular formula is C13H17BrN2O3. The zero-order valence-corrected chi connectivity index (χ0v) is 12.5. The molecular weight excluding hydrogens is 312 g/mol. The lowest BCUT2D eigenvalue weighted by Gasteiger charge is -2.21. The number of benzene rings is 1. The van der Waals surface area contributed by atoms with E-state index >= 15 is 0 Å². The first-order chi connectivity index (χ1) is 8.91. The van der Waals surface area contributed by atoms with Gasteiger partial charge in [0.05, 0.1) is 12.5 Å². The number of nitrogens with one attached hydrogen (secondary N) is 1. The van der Waals surface area contributed by atoms with Gasteiger partial charge in [-0.3, -0.25) is 4.79 Å². The van der Waals surface area contributed by atoms with Crippen molar-refractivity contribution in [2.75, 3.05) is 13.6 Å². The maximum absolute atomic E-state index is 11.9. The third kappa shape index (κ3) is 4.90. The number of carbonyl (C=O) groups excluding carboxylic acids is 1. The molecule has 0 aliphatic rings. The first kappa shape index (κ1) is 15.5. The average molecular weight is 329 g/mol. The molecule has 1 rings (SSSR count). The predicted molar refractivity (Wildman–Crippen MR) is 76.0 cm³/mol. The first-order valence-electron chi connectivity index (χ1n) is 5.89. The topological polar surface area (TPSA) is 69.6 Å². The summed E-state index contributed by atoms with van der Waals surface area (Å²) >= 11 is 3.43. The molecule has 0 saturated carbocycles. The Hall–Kier alpha value is -1.56. The van der Waals surface area contributed by atoms with Crippen LogP contribution in [0.4, 0.5) is 4.79 Å². The quantitative estimate of drug-likeness (QED) is 0.872. The molecule has 1 aromatic rings. The lowest BCUT2D eigenvalue weighted by atomic mass is 10.1. The Kier molecular flexibility index (Phi) is 5.82. The van der Waals surface area contributed by atoms with Gasteiger partial charge in [-0.2, -0.15) is 0 Å². The minimum absolute atomic E-state index is 0.0622.